The summed E-state index contributed by atoms with van der Waals surface area (Å²) in [5.74, 6) is 0.219. The second kappa shape index (κ2) is 6.57. The fourth-order valence-electron chi connectivity index (χ4n) is 1.85. The van der Waals surface area contributed by atoms with Crippen LogP contribution < -0.4 is 9.46 Å². The fraction of sp³-hybridized carbons (Fsp3) is 0.286. The lowest BCUT2D eigenvalue weighted by atomic mass is 10.2. The van der Waals surface area contributed by atoms with E-state index in [1.165, 1.54) is 30.6 Å². The molecule has 21 heavy (non-hydrogen) atoms. The molecule has 0 aliphatic heterocycles. The molecule has 0 fully saturated rings. The zero-order valence-electron chi connectivity index (χ0n) is 11.8. The molecule has 0 radical (unpaired) electrons. The van der Waals surface area contributed by atoms with Crippen molar-refractivity contribution >= 4 is 21.4 Å². The average molecular weight is 327 g/mol. The molecule has 5 nitrogen and oxygen atoms in total. The van der Waals surface area contributed by atoms with Gasteiger partial charge in [-0.3, -0.25) is 0 Å². The molecule has 0 saturated carbocycles. The topological polar surface area (TPSA) is 75.6 Å². The molecule has 7 heteroatoms. The third-order valence-electron chi connectivity index (χ3n) is 3.11. The number of benzene rings is 1. The van der Waals surface area contributed by atoms with Gasteiger partial charge in [-0.25, -0.2) is 13.1 Å². The molecule has 2 N–H and O–H groups in total. The molecule has 2 aromatic rings. The maximum absolute atomic E-state index is 12.4. The molecule has 1 aromatic heterocycles. The molecule has 0 spiro atoms. The van der Waals surface area contributed by atoms with Gasteiger partial charge in [-0.2, -0.15) is 11.3 Å². The van der Waals surface area contributed by atoms with Gasteiger partial charge < -0.3 is 9.84 Å². The van der Waals surface area contributed by atoms with Gasteiger partial charge in [0.25, 0.3) is 0 Å². The van der Waals surface area contributed by atoms with E-state index in [4.69, 9.17) is 9.84 Å². The molecule has 0 amide bonds. The summed E-state index contributed by atoms with van der Waals surface area (Å²) in [6, 6.07) is 4.52. The molecule has 0 bridgehead atoms. The summed E-state index contributed by atoms with van der Waals surface area (Å²) in [6.45, 7) is 2.01. The lowest BCUT2D eigenvalue weighted by molar-refractivity contribution is 0.280. The van der Waals surface area contributed by atoms with Crippen molar-refractivity contribution in [3.05, 3.63) is 45.6 Å². The Bertz CT molecular complexity index is 722. The highest BCUT2D eigenvalue weighted by atomic mass is 32.2. The number of ether oxygens (including phenoxy) is 1. The maximum Gasteiger partial charge on any atom is 0.244 e. The number of methoxy groups -OCH3 is 1. The summed E-state index contributed by atoms with van der Waals surface area (Å²) in [5.41, 5.74) is 2.61. The first-order valence-electron chi connectivity index (χ1n) is 6.27. The zero-order chi connectivity index (χ0) is 15.5. The van der Waals surface area contributed by atoms with Crippen molar-refractivity contribution in [2.24, 2.45) is 0 Å². The Hall–Kier alpha value is -1.41. The highest BCUT2D eigenvalue weighted by molar-refractivity contribution is 7.89. The van der Waals surface area contributed by atoms with Crippen molar-refractivity contribution < 1.29 is 18.3 Å². The third-order valence-corrected chi connectivity index (χ3v) is 5.47. The Morgan fingerprint density at radius 1 is 1.33 bits per heavy atom. The van der Waals surface area contributed by atoms with Crippen LogP contribution in [0.4, 0.5) is 0 Å². The number of rotatable bonds is 6. The van der Waals surface area contributed by atoms with Crippen LogP contribution in [0.1, 0.15) is 16.7 Å². The SMILES string of the molecule is COc1cc(CO)ccc1S(=O)(=O)NCc1cscc1C. The average Bonchev–Trinajstić information content (AvgIpc) is 2.89. The van der Waals surface area contributed by atoms with Crippen LogP contribution in [0.2, 0.25) is 0 Å². The summed E-state index contributed by atoms with van der Waals surface area (Å²) in [5, 5.41) is 13.0. The number of aliphatic hydroxyl groups is 1. The zero-order valence-corrected chi connectivity index (χ0v) is 13.4. The van der Waals surface area contributed by atoms with Gasteiger partial charge in [0.2, 0.25) is 10.0 Å². The van der Waals surface area contributed by atoms with Crippen molar-refractivity contribution in [1.82, 2.24) is 4.72 Å². The second-order valence-electron chi connectivity index (χ2n) is 4.55. The molecule has 0 unspecified atom stereocenters. The van der Waals surface area contributed by atoms with Crippen molar-refractivity contribution in [1.29, 1.82) is 0 Å². The molecule has 0 atom stereocenters. The van der Waals surface area contributed by atoms with E-state index < -0.39 is 10.0 Å². The van der Waals surface area contributed by atoms with Gasteiger partial charge in [0, 0.05) is 6.54 Å². The van der Waals surface area contributed by atoms with E-state index in [1.807, 2.05) is 17.7 Å². The number of hydrogen-bond donors (Lipinski definition) is 2. The van der Waals surface area contributed by atoms with Crippen LogP contribution >= 0.6 is 11.3 Å². The van der Waals surface area contributed by atoms with E-state index in [2.05, 4.69) is 4.72 Å². The molecule has 1 aromatic carbocycles. The Morgan fingerprint density at radius 3 is 2.67 bits per heavy atom. The number of hydrogen-bond acceptors (Lipinski definition) is 5. The number of nitrogens with one attached hydrogen (secondary N) is 1. The van der Waals surface area contributed by atoms with E-state index in [0.717, 1.165) is 11.1 Å². The number of thiophene rings is 1. The Kier molecular flexibility index (Phi) is 5.00. The Morgan fingerprint density at radius 2 is 2.10 bits per heavy atom. The van der Waals surface area contributed by atoms with E-state index in [9.17, 15) is 8.42 Å². The molecule has 0 saturated heterocycles. The van der Waals surface area contributed by atoms with E-state index >= 15 is 0 Å². The van der Waals surface area contributed by atoms with Gasteiger partial charge in [-0.05, 0) is 46.5 Å². The summed E-state index contributed by atoms with van der Waals surface area (Å²) in [4.78, 5) is 0.0649. The second-order valence-corrected chi connectivity index (χ2v) is 7.03. The minimum Gasteiger partial charge on any atom is -0.495 e. The number of aliphatic hydroxyl groups excluding tert-OH is 1. The predicted octanol–water partition coefficient (Wildman–Crippen LogP) is 2.04. The predicted molar refractivity (Wildman–Crippen MR) is 82.0 cm³/mol. The molecule has 0 aliphatic rings. The van der Waals surface area contributed by atoms with Crippen LogP contribution in [0.25, 0.3) is 0 Å². The van der Waals surface area contributed by atoms with Crippen LogP contribution in [0.15, 0.2) is 33.9 Å². The highest BCUT2D eigenvalue weighted by Gasteiger charge is 2.19. The minimum absolute atomic E-state index is 0.0649. The summed E-state index contributed by atoms with van der Waals surface area (Å²) in [7, 11) is -2.27. The molecule has 114 valence electrons. The van der Waals surface area contributed by atoms with E-state index in [-0.39, 0.29) is 23.8 Å². The van der Waals surface area contributed by atoms with Crippen LogP contribution in [-0.4, -0.2) is 20.6 Å². The lowest BCUT2D eigenvalue weighted by Gasteiger charge is -2.11. The van der Waals surface area contributed by atoms with Crippen LogP contribution in [-0.2, 0) is 23.2 Å². The van der Waals surface area contributed by atoms with Crippen molar-refractivity contribution in [2.45, 2.75) is 25.0 Å². The highest BCUT2D eigenvalue weighted by Crippen LogP contribution is 2.25. The largest absolute Gasteiger partial charge is 0.495 e. The van der Waals surface area contributed by atoms with Crippen molar-refractivity contribution in [3.63, 3.8) is 0 Å². The van der Waals surface area contributed by atoms with Crippen LogP contribution in [0, 0.1) is 6.92 Å². The van der Waals surface area contributed by atoms with Crippen LogP contribution in [0.3, 0.4) is 0 Å². The van der Waals surface area contributed by atoms with Gasteiger partial charge in [-0.15, -0.1) is 0 Å². The maximum atomic E-state index is 12.4. The van der Waals surface area contributed by atoms with E-state index in [0.29, 0.717) is 5.56 Å². The summed E-state index contributed by atoms with van der Waals surface area (Å²) in [6.07, 6.45) is 0. The van der Waals surface area contributed by atoms with Gasteiger partial charge in [0.1, 0.15) is 10.6 Å². The first-order valence-corrected chi connectivity index (χ1v) is 8.69. The molecule has 0 aliphatic carbocycles. The standard InChI is InChI=1S/C14H17NO4S2/c1-10-8-20-9-12(10)6-15-21(17,18)14-4-3-11(7-16)5-13(14)19-2/h3-5,8-9,15-16H,6-7H2,1-2H3. The van der Waals surface area contributed by atoms with Gasteiger partial charge >= 0.3 is 0 Å². The van der Waals surface area contributed by atoms with Crippen molar-refractivity contribution in [2.75, 3.05) is 7.11 Å². The molecule has 1 heterocycles. The molecule has 2 rings (SSSR count). The Labute approximate surface area is 128 Å². The van der Waals surface area contributed by atoms with Gasteiger partial charge in [-0.1, -0.05) is 6.07 Å². The lowest BCUT2D eigenvalue weighted by Crippen LogP contribution is -2.24. The van der Waals surface area contributed by atoms with Gasteiger partial charge in [0.15, 0.2) is 0 Å². The normalized spacial score (nSPS) is 11.6. The minimum atomic E-state index is -3.67. The first-order chi connectivity index (χ1) is 9.97. The summed E-state index contributed by atoms with van der Waals surface area (Å²) >= 11 is 1.54. The quantitative estimate of drug-likeness (QED) is 0.851. The van der Waals surface area contributed by atoms with Gasteiger partial charge in [0.05, 0.1) is 13.7 Å². The molecular weight excluding hydrogens is 310 g/mol. The van der Waals surface area contributed by atoms with Crippen molar-refractivity contribution in [3.8, 4) is 5.75 Å². The van der Waals surface area contributed by atoms with Crippen LogP contribution in [0.5, 0.6) is 5.75 Å². The van der Waals surface area contributed by atoms with E-state index in [1.54, 1.807) is 6.07 Å². The Balaban J connectivity index is 2.25. The smallest absolute Gasteiger partial charge is 0.244 e. The molecular formula is C14H17NO4S2. The monoisotopic (exact) mass is 327 g/mol. The number of sulfonamides is 1. The summed E-state index contributed by atoms with van der Waals surface area (Å²) < 4.78 is 32.4. The fourth-order valence-corrected chi connectivity index (χ4v) is 3.86. The number of aryl methyl sites for hydroxylation is 1. The first kappa shape index (κ1) is 16.0. The third kappa shape index (κ3) is 3.62.